The molecule has 0 aliphatic rings. The first-order chi connectivity index (χ1) is 10.4. The summed E-state index contributed by atoms with van der Waals surface area (Å²) in [5.41, 5.74) is 0.918. The summed E-state index contributed by atoms with van der Waals surface area (Å²) in [7, 11) is -3.80. The Morgan fingerprint density at radius 1 is 1.36 bits per heavy atom. The van der Waals surface area contributed by atoms with Gasteiger partial charge in [0, 0.05) is 6.54 Å². The van der Waals surface area contributed by atoms with E-state index in [1.165, 1.54) is 34.1 Å². The SMILES string of the molecule is Cc1nn2c(S(=O)(=O)NCc3cccc(F)c3)c(C)nc2s1. The van der Waals surface area contributed by atoms with Gasteiger partial charge in [0.2, 0.25) is 4.96 Å². The van der Waals surface area contributed by atoms with E-state index in [2.05, 4.69) is 14.8 Å². The number of hydrogen-bond acceptors (Lipinski definition) is 5. The molecule has 0 aliphatic carbocycles. The Morgan fingerprint density at radius 3 is 2.86 bits per heavy atom. The third kappa shape index (κ3) is 2.74. The molecule has 3 rings (SSSR count). The van der Waals surface area contributed by atoms with Crippen LogP contribution in [0.4, 0.5) is 4.39 Å². The quantitative estimate of drug-likeness (QED) is 0.788. The van der Waals surface area contributed by atoms with E-state index in [-0.39, 0.29) is 11.6 Å². The third-order valence-corrected chi connectivity index (χ3v) is 5.36. The molecule has 0 fully saturated rings. The molecule has 1 N–H and O–H groups in total. The molecule has 2 aromatic heterocycles. The fourth-order valence-corrected chi connectivity index (χ4v) is 4.26. The summed E-state index contributed by atoms with van der Waals surface area (Å²) < 4.78 is 41.9. The van der Waals surface area contributed by atoms with Crippen LogP contribution in [0.1, 0.15) is 16.3 Å². The fourth-order valence-electron chi connectivity index (χ4n) is 2.13. The molecule has 1 aromatic carbocycles. The predicted octanol–water partition coefficient (Wildman–Crippen LogP) is 2.03. The van der Waals surface area contributed by atoms with Crippen molar-refractivity contribution in [2.75, 3.05) is 0 Å². The first-order valence-corrected chi connectivity index (χ1v) is 8.73. The highest BCUT2D eigenvalue weighted by Crippen LogP contribution is 2.21. The van der Waals surface area contributed by atoms with Gasteiger partial charge in [-0.2, -0.15) is 9.61 Å². The maximum atomic E-state index is 13.1. The summed E-state index contributed by atoms with van der Waals surface area (Å²) in [6.07, 6.45) is 0. The molecule has 0 bridgehead atoms. The van der Waals surface area contributed by atoms with Gasteiger partial charge in [0.25, 0.3) is 10.0 Å². The van der Waals surface area contributed by atoms with Gasteiger partial charge in [-0.3, -0.25) is 0 Å². The smallest absolute Gasteiger partial charge is 0.221 e. The lowest BCUT2D eigenvalue weighted by atomic mass is 10.2. The van der Waals surface area contributed by atoms with Crippen molar-refractivity contribution >= 4 is 26.3 Å². The Bertz CT molecular complexity index is 946. The lowest BCUT2D eigenvalue weighted by molar-refractivity contribution is 0.571. The van der Waals surface area contributed by atoms with Gasteiger partial charge in [0.15, 0.2) is 5.03 Å². The van der Waals surface area contributed by atoms with Crippen LogP contribution >= 0.6 is 11.3 Å². The second-order valence-electron chi connectivity index (χ2n) is 4.77. The van der Waals surface area contributed by atoms with Crippen LogP contribution in [0.25, 0.3) is 4.96 Å². The maximum Gasteiger partial charge on any atom is 0.260 e. The van der Waals surface area contributed by atoms with E-state index in [1.54, 1.807) is 19.9 Å². The third-order valence-electron chi connectivity index (χ3n) is 3.04. The largest absolute Gasteiger partial charge is 0.260 e. The highest BCUT2D eigenvalue weighted by Gasteiger charge is 2.25. The number of rotatable bonds is 4. The minimum atomic E-state index is -3.80. The summed E-state index contributed by atoms with van der Waals surface area (Å²) in [5, 5.41) is 4.91. The van der Waals surface area contributed by atoms with Gasteiger partial charge in [-0.1, -0.05) is 23.5 Å². The van der Waals surface area contributed by atoms with E-state index in [1.807, 2.05) is 0 Å². The Hall–Kier alpha value is -1.84. The predicted molar refractivity (Wildman–Crippen MR) is 80.8 cm³/mol. The number of sulfonamides is 1. The lowest BCUT2D eigenvalue weighted by Gasteiger charge is -2.06. The van der Waals surface area contributed by atoms with Crippen molar-refractivity contribution in [3.63, 3.8) is 0 Å². The van der Waals surface area contributed by atoms with E-state index in [4.69, 9.17) is 0 Å². The Kier molecular flexibility index (Phi) is 3.71. The van der Waals surface area contributed by atoms with Crippen LogP contribution in [0, 0.1) is 19.7 Å². The molecular weight excluding hydrogens is 327 g/mol. The number of imidazole rings is 1. The fraction of sp³-hybridized carbons (Fsp3) is 0.231. The minimum absolute atomic E-state index is 0.00408. The monoisotopic (exact) mass is 340 g/mol. The molecule has 0 amide bonds. The zero-order valence-corrected chi connectivity index (χ0v) is 13.5. The van der Waals surface area contributed by atoms with Crippen molar-refractivity contribution in [1.29, 1.82) is 0 Å². The van der Waals surface area contributed by atoms with Crippen molar-refractivity contribution in [3.8, 4) is 0 Å². The molecule has 2 heterocycles. The summed E-state index contributed by atoms with van der Waals surface area (Å²) in [4.78, 5) is 4.74. The zero-order chi connectivity index (χ0) is 15.9. The number of aromatic nitrogens is 3. The molecule has 3 aromatic rings. The standard InChI is InChI=1S/C13H13FN4O2S2/c1-8-12(18-13(16-8)21-9(2)17-18)22(19,20)15-7-10-4-3-5-11(14)6-10/h3-6,15H,7H2,1-2H3. The molecule has 116 valence electrons. The van der Waals surface area contributed by atoms with Crippen LogP contribution in [-0.2, 0) is 16.6 Å². The average Bonchev–Trinajstić information content (AvgIpc) is 2.91. The number of nitrogens with zero attached hydrogens (tertiary/aromatic N) is 3. The molecule has 9 heteroatoms. The van der Waals surface area contributed by atoms with Crippen LogP contribution in [0.15, 0.2) is 29.3 Å². The van der Waals surface area contributed by atoms with Crippen molar-refractivity contribution in [2.45, 2.75) is 25.4 Å². The Balaban J connectivity index is 1.93. The van der Waals surface area contributed by atoms with Crippen molar-refractivity contribution in [3.05, 3.63) is 46.3 Å². The average molecular weight is 340 g/mol. The van der Waals surface area contributed by atoms with Crippen LogP contribution in [0.5, 0.6) is 0 Å². The number of benzene rings is 1. The number of nitrogens with one attached hydrogen (secondary N) is 1. The van der Waals surface area contributed by atoms with E-state index in [0.29, 0.717) is 16.2 Å². The lowest BCUT2D eigenvalue weighted by Crippen LogP contribution is -2.25. The normalized spacial score (nSPS) is 12.1. The highest BCUT2D eigenvalue weighted by atomic mass is 32.2. The van der Waals surface area contributed by atoms with E-state index in [0.717, 1.165) is 5.01 Å². The van der Waals surface area contributed by atoms with Crippen LogP contribution in [0.3, 0.4) is 0 Å². The van der Waals surface area contributed by atoms with Crippen molar-refractivity contribution in [2.24, 2.45) is 0 Å². The molecule has 0 aliphatic heterocycles. The van der Waals surface area contributed by atoms with E-state index < -0.39 is 15.8 Å². The van der Waals surface area contributed by atoms with Gasteiger partial charge in [0.05, 0.1) is 5.69 Å². The number of hydrogen-bond donors (Lipinski definition) is 1. The topological polar surface area (TPSA) is 76.4 Å². The summed E-state index contributed by atoms with van der Waals surface area (Å²) in [6.45, 7) is 3.40. The molecule has 0 atom stereocenters. The summed E-state index contributed by atoms with van der Waals surface area (Å²) >= 11 is 1.32. The van der Waals surface area contributed by atoms with Gasteiger partial charge in [0.1, 0.15) is 10.8 Å². The highest BCUT2D eigenvalue weighted by molar-refractivity contribution is 7.89. The van der Waals surface area contributed by atoms with Gasteiger partial charge >= 0.3 is 0 Å². The van der Waals surface area contributed by atoms with Gasteiger partial charge < -0.3 is 0 Å². The maximum absolute atomic E-state index is 13.1. The molecule has 0 unspecified atom stereocenters. The van der Waals surface area contributed by atoms with Crippen LogP contribution in [0.2, 0.25) is 0 Å². The molecule has 0 saturated carbocycles. The molecular formula is C13H13FN4O2S2. The second kappa shape index (κ2) is 5.41. The minimum Gasteiger partial charge on any atom is -0.221 e. The number of halogens is 1. The molecule has 0 saturated heterocycles. The molecule has 0 radical (unpaired) electrons. The summed E-state index contributed by atoms with van der Waals surface area (Å²) in [6, 6.07) is 5.78. The van der Waals surface area contributed by atoms with E-state index in [9.17, 15) is 12.8 Å². The summed E-state index contributed by atoms with van der Waals surface area (Å²) in [5.74, 6) is -0.408. The second-order valence-corrected chi connectivity index (χ2v) is 7.61. The van der Waals surface area contributed by atoms with Gasteiger partial charge in [-0.05, 0) is 31.5 Å². The Morgan fingerprint density at radius 2 is 2.14 bits per heavy atom. The number of aryl methyl sites for hydroxylation is 2. The van der Waals surface area contributed by atoms with Crippen LogP contribution < -0.4 is 4.72 Å². The number of fused-ring (bicyclic) bond motifs is 1. The van der Waals surface area contributed by atoms with Gasteiger partial charge in [-0.25, -0.2) is 22.5 Å². The van der Waals surface area contributed by atoms with Crippen LogP contribution in [-0.4, -0.2) is 23.0 Å². The van der Waals surface area contributed by atoms with Gasteiger partial charge in [-0.15, -0.1) is 0 Å². The molecule has 22 heavy (non-hydrogen) atoms. The van der Waals surface area contributed by atoms with Crippen molar-refractivity contribution in [1.82, 2.24) is 19.3 Å². The zero-order valence-electron chi connectivity index (χ0n) is 11.9. The first-order valence-electron chi connectivity index (χ1n) is 6.44. The molecule has 6 nitrogen and oxygen atoms in total. The van der Waals surface area contributed by atoms with E-state index >= 15 is 0 Å². The van der Waals surface area contributed by atoms with Crippen molar-refractivity contribution < 1.29 is 12.8 Å². The first kappa shape index (κ1) is 15.1. The Labute approximate surface area is 130 Å². The molecule has 0 spiro atoms.